The zero-order valence-corrected chi connectivity index (χ0v) is 14.3. The number of carbonyl (C=O) groups is 2. The van der Waals surface area contributed by atoms with Gasteiger partial charge in [0, 0.05) is 44.1 Å². The van der Waals surface area contributed by atoms with Gasteiger partial charge in [-0.25, -0.2) is 0 Å². The molecule has 3 aliphatic heterocycles. The second-order valence-corrected chi connectivity index (χ2v) is 6.99. The van der Waals surface area contributed by atoms with Gasteiger partial charge < -0.3 is 20.4 Å². The first-order valence-corrected chi connectivity index (χ1v) is 8.73. The number of fused-ring (bicyclic) bond motifs is 1. The Labute approximate surface area is 146 Å². The molecular formula is C18H22N4O3. The van der Waals surface area contributed by atoms with Crippen LogP contribution in [0.4, 0.5) is 11.4 Å². The van der Waals surface area contributed by atoms with Gasteiger partial charge in [0.05, 0.1) is 0 Å². The second kappa shape index (κ2) is 6.15. The summed E-state index contributed by atoms with van der Waals surface area (Å²) in [6, 6.07) is 5.64. The Morgan fingerprint density at radius 2 is 2.12 bits per heavy atom. The fourth-order valence-corrected chi connectivity index (χ4v) is 3.73. The lowest BCUT2D eigenvalue weighted by molar-refractivity contribution is -0.118. The van der Waals surface area contributed by atoms with Crippen LogP contribution in [0.3, 0.4) is 0 Å². The molecule has 1 aromatic carbocycles. The second-order valence-electron chi connectivity index (χ2n) is 6.99. The molecular weight excluding hydrogens is 320 g/mol. The summed E-state index contributed by atoms with van der Waals surface area (Å²) in [4.78, 5) is 31.6. The molecule has 4 rings (SSSR count). The van der Waals surface area contributed by atoms with Crippen LogP contribution in [-0.2, 0) is 20.8 Å². The Bertz CT molecular complexity index is 753. The topological polar surface area (TPSA) is 83.0 Å². The molecule has 0 saturated carbocycles. The maximum Gasteiger partial charge on any atom is 0.273 e. The minimum absolute atomic E-state index is 0.119. The van der Waals surface area contributed by atoms with E-state index in [0.717, 1.165) is 42.9 Å². The SMILES string of the molecule is CN1C(=O)CCc2cc(NC(=O)C3=NOC4(CCNCC4)C3)ccc21. The summed E-state index contributed by atoms with van der Waals surface area (Å²) in [5, 5.41) is 10.3. The molecule has 0 unspecified atom stereocenters. The molecule has 3 aliphatic rings. The number of nitrogens with zero attached hydrogens (tertiary/aromatic N) is 2. The van der Waals surface area contributed by atoms with Crippen molar-refractivity contribution < 1.29 is 14.4 Å². The predicted octanol–water partition coefficient (Wildman–Crippen LogP) is 1.43. The highest BCUT2D eigenvalue weighted by atomic mass is 16.7. The largest absolute Gasteiger partial charge is 0.388 e. The molecule has 3 heterocycles. The lowest BCUT2D eigenvalue weighted by atomic mass is 9.87. The minimum atomic E-state index is -0.309. The van der Waals surface area contributed by atoms with Crippen LogP contribution in [0.2, 0.25) is 0 Å². The minimum Gasteiger partial charge on any atom is -0.388 e. The van der Waals surface area contributed by atoms with Crippen LogP contribution in [0, 0.1) is 0 Å². The monoisotopic (exact) mass is 342 g/mol. The van der Waals surface area contributed by atoms with Gasteiger partial charge in [0.15, 0.2) is 0 Å². The normalized spacial score (nSPS) is 21.6. The highest BCUT2D eigenvalue weighted by molar-refractivity contribution is 6.43. The van der Waals surface area contributed by atoms with E-state index in [0.29, 0.717) is 25.0 Å². The van der Waals surface area contributed by atoms with E-state index in [2.05, 4.69) is 15.8 Å². The van der Waals surface area contributed by atoms with Crippen molar-refractivity contribution in [1.82, 2.24) is 5.32 Å². The number of amides is 2. The van der Waals surface area contributed by atoms with Gasteiger partial charge in [-0.1, -0.05) is 5.16 Å². The van der Waals surface area contributed by atoms with Crippen molar-refractivity contribution in [3.05, 3.63) is 23.8 Å². The van der Waals surface area contributed by atoms with Crippen molar-refractivity contribution in [3.8, 4) is 0 Å². The molecule has 25 heavy (non-hydrogen) atoms. The Balaban J connectivity index is 1.44. The number of piperidine rings is 1. The van der Waals surface area contributed by atoms with Crippen molar-refractivity contribution in [1.29, 1.82) is 0 Å². The smallest absolute Gasteiger partial charge is 0.273 e. The molecule has 1 spiro atoms. The van der Waals surface area contributed by atoms with Gasteiger partial charge >= 0.3 is 0 Å². The van der Waals surface area contributed by atoms with Crippen LogP contribution in [0.1, 0.15) is 31.2 Å². The molecule has 2 amide bonds. The van der Waals surface area contributed by atoms with E-state index >= 15 is 0 Å². The first-order chi connectivity index (χ1) is 12.1. The fraction of sp³-hybridized carbons (Fsp3) is 0.500. The molecule has 0 radical (unpaired) electrons. The molecule has 1 saturated heterocycles. The Kier molecular flexibility index (Phi) is 3.95. The molecule has 1 fully saturated rings. The van der Waals surface area contributed by atoms with E-state index < -0.39 is 0 Å². The van der Waals surface area contributed by atoms with Crippen LogP contribution in [0.25, 0.3) is 0 Å². The lowest BCUT2D eigenvalue weighted by Crippen LogP contribution is -2.42. The van der Waals surface area contributed by atoms with Crippen LogP contribution in [-0.4, -0.2) is 43.3 Å². The number of hydrogen-bond donors (Lipinski definition) is 2. The summed E-state index contributed by atoms with van der Waals surface area (Å²) in [6.07, 6.45) is 3.49. The van der Waals surface area contributed by atoms with Gasteiger partial charge in [0.2, 0.25) is 5.91 Å². The summed E-state index contributed by atoms with van der Waals surface area (Å²) in [5.41, 5.74) is 2.84. The standard InChI is InChI=1S/C18H22N4O3/c1-22-15-4-3-13(10-12(15)2-5-16(22)23)20-17(24)14-11-18(25-21-14)6-8-19-9-7-18/h3-4,10,19H,2,5-9,11H2,1H3,(H,20,24). The summed E-state index contributed by atoms with van der Waals surface area (Å²) in [6.45, 7) is 1.78. The number of anilines is 2. The first-order valence-electron chi connectivity index (χ1n) is 8.73. The number of carbonyl (C=O) groups excluding carboxylic acids is 2. The number of nitrogens with one attached hydrogen (secondary N) is 2. The molecule has 132 valence electrons. The molecule has 0 aliphatic carbocycles. The van der Waals surface area contributed by atoms with Crippen molar-refractivity contribution >= 4 is 28.9 Å². The van der Waals surface area contributed by atoms with Crippen LogP contribution < -0.4 is 15.5 Å². The molecule has 2 N–H and O–H groups in total. The van der Waals surface area contributed by atoms with E-state index in [-0.39, 0.29) is 17.4 Å². The molecule has 1 aromatic rings. The summed E-state index contributed by atoms with van der Waals surface area (Å²) in [5.74, 6) is -0.0930. The molecule has 0 bridgehead atoms. The van der Waals surface area contributed by atoms with E-state index in [4.69, 9.17) is 4.84 Å². The maximum absolute atomic E-state index is 12.5. The number of rotatable bonds is 2. The summed E-state index contributed by atoms with van der Waals surface area (Å²) < 4.78 is 0. The van der Waals surface area contributed by atoms with Crippen LogP contribution in [0.5, 0.6) is 0 Å². The highest BCUT2D eigenvalue weighted by Gasteiger charge is 2.42. The maximum atomic E-state index is 12.5. The number of benzene rings is 1. The zero-order valence-electron chi connectivity index (χ0n) is 14.3. The van der Waals surface area contributed by atoms with Crippen molar-refractivity contribution in [2.24, 2.45) is 5.16 Å². The first kappa shape index (κ1) is 16.1. The lowest BCUT2D eigenvalue weighted by Gasteiger charge is -2.30. The van der Waals surface area contributed by atoms with E-state index in [1.165, 1.54) is 0 Å². The van der Waals surface area contributed by atoms with E-state index in [1.54, 1.807) is 11.9 Å². The number of aryl methyl sites for hydroxylation is 1. The quantitative estimate of drug-likeness (QED) is 0.852. The molecule has 7 heteroatoms. The fourth-order valence-electron chi connectivity index (χ4n) is 3.73. The van der Waals surface area contributed by atoms with E-state index in [9.17, 15) is 9.59 Å². The number of oxime groups is 1. The van der Waals surface area contributed by atoms with Gasteiger partial charge in [0.1, 0.15) is 11.3 Å². The van der Waals surface area contributed by atoms with Gasteiger partial charge in [-0.05, 0) is 43.3 Å². The third-order valence-corrected chi connectivity index (χ3v) is 5.30. The van der Waals surface area contributed by atoms with E-state index in [1.807, 2.05) is 18.2 Å². The average Bonchev–Trinajstić information content (AvgIpc) is 3.02. The molecule has 0 aromatic heterocycles. The summed E-state index contributed by atoms with van der Waals surface area (Å²) >= 11 is 0. The third-order valence-electron chi connectivity index (χ3n) is 5.30. The van der Waals surface area contributed by atoms with Gasteiger partial charge in [-0.15, -0.1) is 0 Å². The van der Waals surface area contributed by atoms with Crippen LogP contribution in [0.15, 0.2) is 23.4 Å². The van der Waals surface area contributed by atoms with Crippen LogP contribution >= 0.6 is 0 Å². The van der Waals surface area contributed by atoms with Crippen molar-refractivity contribution in [2.75, 3.05) is 30.4 Å². The summed E-state index contributed by atoms with van der Waals surface area (Å²) in [7, 11) is 1.78. The zero-order chi connectivity index (χ0) is 17.4. The van der Waals surface area contributed by atoms with Gasteiger partial charge in [-0.3, -0.25) is 9.59 Å². The Hall–Kier alpha value is -2.41. The molecule has 7 nitrogen and oxygen atoms in total. The van der Waals surface area contributed by atoms with Crippen molar-refractivity contribution in [2.45, 2.75) is 37.7 Å². The van der Waals surface area contributed by atoms with Crippen molar-refractivity contribution in [3.63, 3.8) is 0 Å². The predicted molar refractivity (Wildman–Crippen MR) is 94.8 cm³/mol. The highest BCUT2D eigenvalue weighted by Crippen LogP contribution is 2.33. The molecule has 0 atom stereocenters. The average molecular weight is 342 g/mol. The van der Waals surface area contributed by atoms with Gasteiger partial charge in [0.25, 0.3) is 5.91 Å². The Morgan fingerprint density at radius 3 is 2.92 bits per heavy atom. The third kappa shape index (κ3) is 3.00. The Morgan fingerprint density at radius 1 is 1.32 bits per heavy atom. The number of hydrogen-bond acceptors (Lipinski definition) is 5. The van der Waals surface area contributed by atoms with Gasteiger partial charge in [-0.2, -0.15) is 0 Å².